The van der Waals surface area contributed by atoms with Crippen LogP contribution in [0.25, 0.3) is 5.69 Å². The highest BCUT2D eigenvalue weighted by Gasteiger charge is 2.37. The molecule has 2 aromatic rings. The summed E-state index contributed by atoms with van der Waals surface area (Å²) in [4.78, 5) is 0. The van der Waals surface area contributed by atoms with E-state index in [9.17, 15) is 13.2 Å². The van der Waals surface area contributed by atoms with E-state index in [1.165, 1.54) is 18.3 Å². The number of hydrogen-bond acceptors (Lipinski definition) is 3. The van der Waals surface area contributed by atoms with Gasteiger partial charge in [-0.3, -0.25) is 0 Å². The summed E-state index contributed by atoms with van der Waals surface area (Å²) < 4.78 is 40.5. The zero-order valence-corrected chi connectivity index (χ0v) is 10.4. The van der Waals surface area contributed by atoms with Gasteiger partial charge in [-0.25, -0.2) is 4.68 Å². The minimum absolute atomic E-state index is 0.167. The van der Waals surface area contributed by atoms with E-state index in [2.05, 4.69) is 5.10 Å². The van der Waals surface area contributed by atoms with Gasteiger partial charge in [0.1, 0.15) is 0 Å². The maximum absolute atomic E-state index is 13.1. The van der Waals surface area contributed by atoms with Crippen LogP contribution < -0.4 is 5.73 Å². The van der Waals surface area contributed by atoms with Crippen LogP contribution in [0.5, 0.6) is 0 Å². The number of hydrogen-bond donors (Lipinski definition) is 1. The Kier molecular flexibility index (Phi) is 3.77. The van der Waals surface area contributed by atoms with Crippen LogP contribution in [0.2, 0.25) is 0 Å². The fraction of sp³-hybridized carbons (Fsp3) is 0.231. The second-order valence-electron chi connectivity index (χ2n) is 4.10. The Hall–Kier alpha value is -2.33. The van der Waals surface area contributed by atoms with Crippen LogP contribution in [0.4, 0.5) is 13.2 Å². The molecule has 0 spiro atoms. The molecule has 0 bridgehead atoms. The Morgan fingerprint density at radius 2 is 2.05 bits per heavy atom. The van der Waals surface area contributed by atoms with Crippen molar-refractivity contribution in [3.8, 4) is 11.8 Å². The predicted molar refractivity (Wildman–Crippen MR) is 66.0 cm³/mol. The largest absolute Gasteiger partial charge is 0.419 e. The molecule has 7 heteroatoms. The lowest BCUT2D eigenvalue weighted by Gasteiger charge is -2.14. The Labute approximate surface area is 113 Å². The van der Waals surface area contributed by atoms with Gasteiger partial charge in [0.2, 0.25) is 0 Å². The van der Waals surface area contributed by atoms with Crippen molar-refractivity contribution in [3.63, 3.8) is 0 Å². The van der Waals surface area contributed by atoms with Gasteiger partial charge in [0.05, 0.1) is 28.6 Å². The first-order chi connectivity index (χ1) is 9.47. The highest BCUT2D eigenvalue weighted by atomic mass is 19.4. The Morgan fingerprint density at radius 1 is 1.30 bits per heavy atom. The molecule has 0 atom stereocenters. The van der Waals surface area contributed by atoms with E-state index in [0.29, 0.717) is 18.7 Å². The zero-order chi connectivity index (χ0) is 14.8. The molecule has 2 rings (SSSR count). The SMILES string of the molecule is N#Cc1cccc(-n2ccc(CCN)n2)c1C(F)(F)F. The number of alkyl halides is 3. The smallest absolute Gasteiger partial charge is 0.330 e. The maximum atomic E-state index is 13.1. The molecule has 0 aliphatic heterocycles. The molecule has 0 amide bonds. The summed E-state index contributed by atoms with van der Waals surface area (Å²) in [6, 6.07) is 6.98. The topological polar surface area (TPSA) is 67.6 Å². The summed E-state index contributed by atoms with van der Waals surface area (Å²) in [7, 11) is 0. The summed E-state index contributed by atoms with van der Waals surface area (Å²) in [5, 5.41) is 12.9. The van der Waals surface area contributed by atoms with E-state index >= 15 is 0 Å². The first kappa shape index (κ1) is 14.1. The van der Waals surface area contributed by atoms with Crippen LogP contribution in [0.1, 0.15) is 16.8 Å². The number of halogens is 3. The van der Waals surface area contributed by atoms with Crippen molar-refractivity contribution < 1.29 is 13.2 Å². The third kappa shape index (κ3) is 2.65. The minimum atomic E-state index is -4.62. The Morgan fingerprint density at radius 3 is 2.65 bits per heavy atom. The lowest BCUT2D eigenvalue weighted by atomic mass is 10.1. The van der Waals surface area contributed by atoms with Gasteiger partial charge < -0.3 is 5.73 Å². The fourth-order valence-corrected chi connectivity index (χ4v) is 1.90. The van der Waals surface area contributed by atoms with Gasteiger partial charge in [-0.05, 0) is 24.7 Å². The molecule has 1 heterocycles. The first-order valence-corrected chi connectivity index (χ1v) is 5.82. The number of nitriles is 1. The molecule has 0 fully saturated rings. The molecule has 2 N–H and O–H groups in total. The first-order valence-electron chi connectivity index (χ1n) is 5.82. The van der Waals surface area contributed by atoms with Crippen LogP contribution >= 0.6 is 0 Å². The van der Waals surface area contributed by atoms with Gasteiger partial charge in [0.25, 0.3) is 0 Å². The van der Waals surface area contributed by atoms with Gasteiger partial charge in [-0.1, -0.05) is 6.07 Å². The second-order valence-corrected chi connectivity index (χ2v) is 4.10. The average molecular weight is 280 g/mol. The third-order valence-corrected chi connectivity index (χ3v) is 2.74. The number of aromatic nitrogens is 2. The van der Waals surface area contributed by atoms with Crippen LogP contribution in [-0.4, -0.2) is 16.3 Å². The van der Waals surface area contributed by atoms with E-state index in [-0.39, 0.29) is 5.69 Å². The molecule has 0 saturated heterocycles. The summed E-state index contributed by atoms with van der Waals surface area (Å²) in [6.45, 7) is 0.362. The van der Waals surface area contributed by atoms with Gasteiger partial charge >= 0.3 is 6.18 Å². The molecule has 0 aliphatic rings. The van der Waals surface area contributed by atoms with Crippen molar-refractivity contribution in [2.24, 2.45) is 5.73 Å². The van der Waals surface area contributed by atoms with Crippen LogP contribution in [0, 0.1) is 11.3 Å². The van der Waals surface area contributed by atoms with Crippen molar-refractivity contribution in [2.75, 3.05) is 6.54 Å². The zero-order valence-electron chi connectivity index (χ0n) is 10.4. The van der Waals surface area contributed by atoms with E-state index in [0.717, 1.165) is 10.7 Å². The summed E-state index contributed by atoms with van der Waals surface area (Å²) in [5.74, 6) is 0. The Bertz CT molecular complexity index is 652. The minimum Gasteiger partial charge on any atom is -0.330 e. The monoisotopic (exact) mass is 280 g/mol. The highest BCUT2D eigenvalue weighted by molar-refractivity contribution is 5.52. The number of nitrogens with zero attached hydrogens (tertiary/aromatic N) is 3. The van der Waals surface area contributed by atoms with E-state index < -0.39 is 17.3 Å². The van der Waals surface area contributed by atoms with Crippen LogP contribution in [0.15, 0.2) is 30.5 Å². The fourth-order valence-electron chi connectivity index (χ4n) is 1.90. The third-order valence-electron chi connectivity index (χ3n) is 2.74. The standard InChI is InChI=1S/C13H11F3N4/c14-13(15,16)12-9(8-18)2-1-3-11(12)20-7-5-10(19-20)4-6-17/h1-3,5,7H,4,6,17H2. The van der Waals surface area contributed by atoms with Gasteiger partial charge in [0, 0.05) is 12.6 Å². The van der Waals surface area contributed by atoms with Crippen molar-refractivity contribution in [2.45, 2.75) is 12.6 Å². The van der Waals surface area contributed by atoms with Crippen molar-refractivity contribution in [1.29, 1.82) is 5.26 Å². The molecular weight excluding hydrogens is 269 g/mol. The second kappa shape index (κ2) is 5.35. The molecule has 104 valence electrons. The quantitative estimate of drug-likeness (QED) is 0.937. The Balaban J connectivity index is 2.59. The van der Waals surface area contributed by atoms with Crippen molar-refractivity contribution >= 4 is 0 Å². The molecule has 0 radical (unpaired) electrons. The summed E-state index contributed by atoms with van der Waals surface area (Å²) in [6.07, 6.45) is -2.72. The molecule has 20 heavy (non-hydrogen) atoms. The summed E-state index contributed by atoms with van der Waals surface area (Å²) >= 11 is 0. The molecule has 0 aliphatic carbocycles. The van der Waals surface area contributed by atoms with E-state index in [1.807, 2.05) is 0 Å². The highest BCUT2D eigenvalue weighted by Crippen LogP contribution is 2.36. The number of nitrogens with two attached hydrogens (primary N) is 1. The summed E-state index contributed by atoms with van der Waals surface area (Å²) in [5.41, 5.74) is 4.41. The lowest BCUT2D eigenvalue weighted by Crippen LogP contribution is -2.14. The molecule has 1 aromatic heterocycles. The van der Waals surface area contributed by atoms with Gasteiger partial charge in [0.15, 0.2) is 0 Å². The van der Waals surface area contributed by atoms with Crippen molar-refractivity contribution in [1.82, 2.24) is 9.78 Å². The molecular formula is C13H11F3N4. The number of rotatable bonds is 3. The van der Waals surface area contributed by atoms with E-state index in [4.69, 9.17) is 11.0 Å². The predicted octanol–water partition coefficient (Wildman–Crippen LogP) is 2.26. The molecule has 0 unspecified atom stereocenters. The van der Waals surface area contributed by atoms with E-state index in [1.54, 1.807) is 12.1 Å². The van der Waals surface area contributed by atoms with Gasteiger partial charge in [-0.15, -0.1) is 0 Å². The molecule has 4 nitrogen and oxygen atoms in total. The average Bonchev–Trinajstić information content (AvgIpc) is 2.85. The molecule has 1 aromatic carbocycles. The molecule has 0 saturated carbocycles. The number of benzene rings is 1. The lowest BCUT2D eigenvalue weighted by molar-refractivity contribution is -0.137. The van der Waals surface area contributed by atoms with Crippen molar-refractivity contribution in [3.05, 3.63) is 47.3 Å². The maximum Gasteiger partial charge on any atom is 0.419 e. The van der Waals surface area contributed by atoms with Gasteiger partial charge in [-0.2, -0.15) is 23.5 Å². The van der Waals surface area contributed by atoms with Crippen LogP contribution in [0.3, 0.4) is 0 Å². The normalized spacial score (nSPS) is 11.3. The van der Waals surface area contributed by atoms with Crippen LogP contribution in [-0.2, 0) is 12.6 Å².